The van der Waals surface area contributed by atoms with Crippen LogP contribution >= 0.6 is 0 Å². The molecule has 232 valence electrons. The fourth-order valence-electron chi connectivity index (χ4n) is 6.15. The smallest absolute Gasteiger partial charge is 0.407 e. The lowest BCUT2D eigenvalue weighted by molar-refractivity contribution is -0.157. The van der Waals surface area contributed by atoms with Crippen LogP contribution in [0.5, 0.6) is 0 Å². The van der Waals surface area contributed by atoms with Gasteiger partial charge in [-0.2, -0.15) is 0 Å². The van der Waals surface area contributed by atoms with Crippen LogP contribution in [0.2, 0.25) is 0 Å². The number of benzene rings is 2. The first-order chi connectivity index (χ1) is 20.2. The third-order valence-electron chi connectivity index (χ3n) is 8.07. The van der Waals surface area contributed by atoms with Gasteiger partial charge >= 0.3 is 12.1 Å². The topological polar surface area (TPSA) is 114 Å². The van der Waals surface area contributed by atoms with E-state index in [2.05, 4.69) is 22.8 Å². The molecule has 1 saturated heterocycles. The summed E-state index contributed by atoms with van der Waals surface area (Å²) >= 11 is 0. The van der Waals surface area contributed by atoms with Crippen molar-refractivity contribution in [1.82, 2.24) is 15.5 Å². The summed E-state index contributed by atoms with van der Waals surface area (Å²) in [6.45, 7) is 14.7. The predicted molar refractivity (Wildman–Crippen MR) is 164 cm³/mol. The maximum absolute atomic E-state index is 13.9. The van der Waals surface area contributed by atoms with Crippen molar-refractivity contribution in [3.8, 4) is 11.1 Å². The zero-order valence-electron chi connectivity index (χ0n) is 26.5. The Balaban J connectivity index is 1.44. The molecule has 9 heteroatoms. The van der Waals surface area contributed by atoms with E-state index >= 15 is 0 Å². The maximum atomic E-state index is 13.9. The average molecular weight is 592 g/mol. The zero-order valence-corrected chi connectivity index (χ0v) is 26.5. The van der Waals surface area contributed by atoms with Crippen molar-refractivity contribution >= 4 is 23.9 Å². The molecule has 2 aromatic carbocycles. The second kappa shape index (κ2) is 12.9. The molecule has 1 fully saturated rings. The highest BCUT2D eigenvalue weighted by Gasteiger charge is 2.48. The molecule has 4 rings (SSSR count). The van der Waals surface area contributed by atoms with E-state index in [1.807, 2.05) is 64.1 Å². The first kappa shape index (κ1) is 32.2. The standard InChI is InChI=1S/C34H45N3O6/c1-19(2)29(36-33(41)42-18-26-24-15-11-9-13-22(24)23-14-10-12-16-25(23)26)31(39)37-28(38)17-27(30(37)20(3)4)35-21(5)32(40)43-34(6,7)8/h9-16,19-21,26-27,29-30,35H,17-18H2,1-8H3,(H,36,41)/t21-,27-,29-,30-/m0/s1. The largest absolute Gasteiger partial charge is 0.459 e. The van der Waals surface area contributed by atoms with Crippen LogP contribution in [0.25, 0.3) is 11.1 Å². The summed E-state index contributed by atoms with van der Waals surface area (Å²) in [6, 6.07) is 13.6. The normalized spacial score (nSPS) is 19.7. The molecule has 43 heavy (non-hydrogen) atoms. The number of carbonyl (C=O) groups excluding carboxylic acids is 4. The molecule has 4 atom stereocenters. The third kappa shape index (κ3) is 7.09. The molecular formula is C34H45N3O6. The van der Waals surface area contributed by atoms with Crippen LogP contribution in [0, 0.1) is 11.8 Å². The van der Waals surface area contributed by atoms with E-state index in [1.54, 1.807) is 27.7 Å². The number of likely N-dealkylation sites (tertiary alicyclic amines) is 1. The number of ether oxygens (including phenoxy) is 2. The van der Waals surface area contributed by atoms with Crippen LogP contribution in [0.15, 0.2) is 48.5 Å². The van der Waals surface area contributed by atoms with E-state index in [4.69, 9.17) is 9.47 Å². The van der Waals surface area contributed by atoms with Gasteiger partial charge in [-0.1, -0.05) is 76.2 Å². The molecule has 0 aromatic heterocycles. The molecule has 0 spiro atoms. The van der Waals surface area contributed by atoms with Gasteiger partial charge in [0.05, 0.1) is 6.04 Å². The minimum Gasteiger partial charge on any atom is -0.459 e. The van der Waals surface area contributed by atoms with Crippen LogP contribution < -0.4 is 10.6 Å². The van der Waals surface area contributed by atoms with Crippen molar-refractivity contribution in [3.63, 3.8) is 0 Å². The molecule has 1 aliphatic heterocycles. The van der Waals surface area contributed by atoms with Crippen LogP contribution in [0.4, 0.5) is 4.79 Å². The lowest BCUT2D eigenvalue weighted by atomic mass is 9.95. The van der Waals surface area contributed by atoms with Gasteiger partial charge in [0.2, 0.25) is 5.91 Å². The van der Waals surface area contributed by atoms with E-state index in [-0.39, 0.29) is 36.7 Å². The van der Waals surface area contributed by atoms with Crippen LogP contribution in [0.1, 0.15) is 78.9 Å². The molecule has 2 aliphatic rings. The molecule has 0 bridgehead atoms. The zero-order chi connectivity index (χ0) is 31.6. The van der Waals surface area contributed by atoms with E-state index in [1.165, 1.54) is 4.90 Å². The fraction of sp³-hybridized carbons (Fsp3) is 0.529. The second-order valence-corrected chi connectivity index (χ2v) is 13.3. The van der Waals surface area contributed by atoms with Gasteiger partial charge in [0, 0.05) is 18.4 Å². The summed E-state index contributed by atoms with van der Waals surface area (Å²) in [7, 11) is 0. The van der Waals surface area contributed by atoms with Gasteiger partial charge in [-0.3, -0.25) is 24.6 Å². The number of esters is 1. The van der Waals surface area contributed by atoms with Crippen molar-refractivity contribution in [1.29, 1.82) is 0 Å². The molecule has 1 aliphatic carbocycles. The number of fused-ring (bicyclic) bond motifs is 3. The molecule has 0 radical (unpaired) electrons. The van der Waals surface area contributed by atoms with E-state index in [9.17, 15) is 19.2 Å². The summed E-state index contributed by atoms with van der Waals surface area (Å²) in [5, 5.41) is 5.97. The third-order valence-corrected chi connectivity index (χ3v) is 8.07. The maximum Gasteiger partial charge on any atom is 0.407 e. The molecule has 1 heterocycles. The van der Waals surface area contributed by atoms with E-state index in [0.29, 0.717) is 0 Å². The van der Waals surface area contributed by atoms with Crippen molar-refractivity contribution in [2.45, 2.75) is 97.5 Å². The van der Waals surface area contributed by atoms with Gasteiger partial charge < -0.3 is 14.8 Å². The summed E-state index contributed by atoms with van der Waals surface area (Å²) in [5.41, 5.74) is 3.79. The number of hydrogen-bond acceptors (Lipinski definition) is 7. The second-order valence-electron chi connectivity index (χ2n) is 13.3. The van der Waals surface area contributed by atoms with Crippen LogP contribution in [0.3, 0.4) is 0 Å². The minimum atomic E-state index is -0.970. The van der Waals surface area contributed by atoms with Crippen molar-refractivity contribution in [2.24, 2.45) is 11.8 Å². The SMILES string of the molecule is CC(C)[C@H](NC(=O)OCC1c2ccccc2-c2ccccc21)C(=O)N1C(=O)C[C@H](N[C@@H](C)C(=O)OC(C)(C)C)[C@@H]1C(C)C. The highest BCUT2D eigenvalue weighted by atomic mass is 16.6. The number of alkyl carbamates (subject to hydrolysis) is 1. The molecule has 2 aromatic rings. The molecule has 0 unspecified atom stereocenters. The molecular weight excluding hydrogens is 546 g/mol. The Hall–Kier alpha value is -3.72. The van der Waals surface area contributed by atoms with Gasteiger partial charge in [-0.15, -0.1) is 0 Å². The summed E-state index contributed by atoms with van der Waals surface area (Å²) in [6.07, 6.45) is -0.660. The van der Waals surface area contributed by atoms with Gasteiger partial charge in [0.1, 0.15) is 24.3 Å². The lowest BCUT2D eigenvalue weighted by Crippen LogP contribution is -2.57. The Morgan fingerprint density at radius 2 is 1.49 bits per heavy atom. The Kier molecular flexibility index (Phi) is 9.64. The van der Waals surface area contributed by atoms with E-state index < -0.39 is 47.7 Å². The number of nitrogens with one attached hydrogen (secondary N) is 2. The summed E-state index contributed by atoms with van der Waals surface area (Å²) in [4.78, 5) is 54.2. The number of imide groups is 1. The van der Waals surface area contributed by atoms with Crippen molar-refractivity contribution in [2.75, 3.05) is 6.61 Å². The average Bonchev–Trinajstić information content (AvgIpc) is 3.43. The van der Waals surface area contributed by atoms with Gasteiger partial charge in [-0.25, -0.2) is 4.79 Å². The minimum absolute atomic E-state index is 0.0531. The number of amides is 3. The predicted octanol–water partition coefficient (Wildman–Crippen LogP) is 5.02. The van der Waals surface area contributed by atoms with Crippen LogP contribution in [-0.2, 0) is 23.9 Å². The number of nitrogens with zero attached hydrogens (tertiary/aromatic N) is 1. The molecule has 2 N–H and O–H groups in total. The quantitative estimate of drug-likeness (QED) is 0.394. The van der Waals surface area contributed by atoms with Gasteiger partial charge in [-0.05, 0) is 61.8 Å². The Bertz CT molecular complexity index is 1320. The Morgan fingerprint density at radius 1 is 0.930 bits per heavy atom. The first-order valence-electron chi connectivity index (χ1n) is 15.2. The van der Waals surface area contributed by atoms with Crippen molar-refractivity contribution in [3.05, 3.63) is 59.7 Å². The fourth-order valence-corrected chi connectivity index (χ4v) is 6.15. The molecule has 0 saturated carbocycles. The lowest BCUT2D eigenvalue weighted by Gasteiger charge is -2.34. The van der Waals surface area contributed by atoms with E-state index in [0.717, 1.165) is 22.3 Å². The van der Waals surface area contributed by atoms with Gasteiger partial charge in [0.15, 0.2) is 0 Å². The number of hydrogen-bond donors (Lipinski definition) is 2. The highest BCUT2D eigenvalue weighted by molar-refractivity contribution is 6.01. The van der Waals surface area contributed by atoms with Crippen LogP contribution in [-0.4, -0.2) is 65.2 Å². The Morgan fingerprint density at radius 3 is 2.00 bits per heavy atom. The first-order valence-corrected chi connectivity index (χ1v) is 15.2. The molecule has 3 amide bonds. The highest BCUT2D eigenvalue weighted by Crippen LogP contribution is 2.44. The number of carbonyl (C=O) groups is 4. The Labute approximate surface area is 254 Å². The number of rotatable bonds is 9. The van der Waals surface area contributed by atoms with Crippen molar-refractivity contribution < 1.29 is 28.7 Å². The molecule has 9 nitrogen and oxygen atoms in total. The summed E-state index contributed by atoms with van der Waals surface area (Å²) in [5.74, 6) is -1.78. The monoisotopic (exact) mass is 591 g/mol. The summed E-state index contributed by atoms with van der Waals surface area (Å²) < 4.78 is 11.2. The van der Waals surface area contributed by atoms with Gasteiger partial charge in [0.25, 0.3) is 5.91 Å².